The number of nitrogens with one attached hydrogen (secondary N) is 2. The maximum Gasteiger partial charge on any atom is 0.336 e. The predicted octanol–water partition coefficient (Wildman–Crippen LogP) is 2.45. The van der Waals surface area contributed by atoms with E-state index in [1.165, 1.54) is 4.57 Å². The van der Waals surface area contributed by atoms with Crippen LogP contribution < -0.4 is 21.9 Å². The lowest BCUT2D eigenvalue weighted by atomic mass is 10.1. The van der Waals surface area contributed by atoms with Gasteiger partial charge in [-0.1, -0.05) is 48.0 Å². The Hall–Kier alpha value is -4.17. The third-order valence-corrected chi connectivity index (χ3v) is 6.09. The van der Waals surface area contributed by atoms with Crippen LogP contribution in [-0.2, 0) is 29.0 Å². The Bertz CT molecular complexity index is 1520. The molecular formula is C27H25ClN4O4. The fourth-order valence-corrected chi connectivity index (χ4v) is 4.06. The molecule has 184 valence electrons. The molecule has 4 rings (SSSR count). The number of carbonyl (C=O) groups is 2. The first kappa shape index (κ1) is 24.9. The van der Waals surface area contributed by atoms with Crippen LogP contribution in [0, 0.1) is 0 Å². The summed E-state index contributed by atoms with van der Waals surface area (Å²) in [6.07, 6.45) is 0.796. The van der Waals surface area contributed by atoms with Crippen LogP contribution in [0.4, 0.5) is 0 Å². The molecule has 3 aromatic carbocycles. The summed E-state index contributed by atoms with van der Waals surface area (Å²) in [7, 11) is 1.56. The van der Waals surface area contributed by atoms with Crippen molar-refractivity contribution in [3.8, 4) is 5.69 Å². The third kappa shape index (κ3) is 5.55. The second-order valence-corrected chi connectivity index (χ2v) is 8.71. The number of likely N-dealkylation sites (N-methyl/N-ethyl adjacent to an activating group) is 1. The molecule has 0 radical (unpaired) electrons. The van der Waals surface area contributed by atoms with E-state index in [9.17, 15) is 19.2 Å². The number of fused-ring (bicyclic) bond motifs is 1. The first-order valence-electron chi connectivity index (χ1n) is 11.4. The summed E-state index contributed by atoms with van der Waals surface area (Å²) in [5.41, 5.74) is 1.41. The number of benzene rings is 3. The zero-order valence-corrected chi connectivity index (χ0v) is 20.4. The van der Waals surface area contributed by atoms with E-state index in [0.29, 0.717) is 34.6 Å². The van der Waals surface area contributed by atoms with Crippen LogP contribution in [0.3, 0.4) is 0 Å². The maximum absolute atomic E-state index is 13.4. The monoisotopic (exact) mass is 504 g/mol. The van der Waals surface area contributed by atoms with Crippen molar-refractivity contribution in [1.82, 2.24) is 19.8 Å². The van der Waals surface area contributed by atoms with Gasteiger partial charge in [0.2, 0.25) is 11.8 Å². The van der Waals surface area contributed by atoms with Gasteiger partial charge in [0, 0.05) is 18.6 Å². The van der Waals surface area contributed by atoms with Crippen molar-refractivity contribution in [3.05, 3.63) is 110 Å². The molecule has 8 nitrogen and oxygen atoms in total. The number of nitrogens with zero attached hydrogens (tertiary/aromatic N) is 2. The highest BCUT2D eigenvalue weighted by molar-refractivity contribution is 6.30. The highest BCUT2D eigenvalue weighted by Gasteiger charge is 2.16. The van der Waals surface area contributed by atoms with E-state index in [-0.39, 0.29) is 24.8 Å². The molecule has 0 aliphatic rings. The Balaban J connectivity index is 1.61. The highest BCUT2D eigenvalue weighted by atomic mass is 35.5. The molecule has 9 heteroatoms. The number of rotatable bonds is 8. The molecule has 0 aliphatic heterocycles. The van der Waals surface area contributed by atoms with Gasteiger partial charge in [-0.3, -0.25) is 19.0 Å². The molecule has 4 aromatic rings. The average Bonchev–Trinajstić information content (AvgIpc) is 2.88. The zero-order valence-electron chi connectivity index (χ0n) is 19.7. The number of amides is 2. The molecular weight excluding hydrogens is 480 g/mol. The van der Waals surface area contributed by atoms with Crippen LogP contribution in [0.5, 0.6) is 0 Å². The molecule has 0 aliphatic carbocycles. The summed E-state index contributed by atoms with van der Waals surface area (Å²) >= 11 is 5.91. The molecule has 0 atom stereocenters. The van der Waals surface area contributed by atoms with Crippen LogP contribution in [0.1, 0.15) is 11.1 Å². The minimum Gasteiger partial charge on any atom is -0.359 e. The van der Waals surface area contributed by atoms with Crippen molar-refractivity contribution in [3.63, 3.8) is 0 Å². The highest BCUT2D eigenvalue weighted by Crippen LogP contribution is 2.12. The summed E-state index contributed by atoms with van der Waals surface area (Å²) < 4.78 is 2.35. The van der Waals surface area contributed by atoms with Crippen molar-refractivity contribution in [1.29, 1.82) is 0 Å². The van der Waals surface area contributed by atoms with Crippen LogP contribution >= 0.6 is 11.6 Å². The van der Waals surface area contributed by atoms with E-state index >= 15 is 0 Å². The standard InChI is InChI=1S/C27H25ClN4O4/c1-29-24(33)16-19-8-12-21(13-9-19)32-26(35)22-4-2-3-5-23(22)31(27(32)36)17-25(34)30-15-14-18-6-10-20(28)11-7-18/h2-13H,14-17H2,1H3,(H,29,33)(H,30,34). The summed E-state index contributed by atoms with van der Waals surface area (Å²) in [6, 6.07) is 20.7. The summed E-state index contributed by atoms with van der Waals surface area (Å²) in [5.74, 6) is -0.489. The molecule has 0 unspecified atom stereocenters. The van der Waals surface area contributed by atoms with Crippen molar-refractivity contribution in [2.24, 2.45) is 0 Å². The van der Waals surface area contributed by atoms with Crippen molar-refractivity contribution < 1.29 is 9.59 Å². The van der Waals surface area contributed by atoms with E-state index in [2.05, 4.69) is 10.6 Å². The predicted molar refractivity (Wildman–Crippen MR) is 140 cm³/mol. The number of aromatic nitrogens is 2. The van der Waals surface area contributed by atoms with Gasteiger partial charge < -0.3 is 10.6 Å². The molecule has 36 heavy (non-hydrogen) atoms. The van der Waals surface area contributed by atoms with Gasteiger partial charge in [0.15, 0.2) is 0 Å². The lowest BCUT2D eigenvalue weighted by Crippen LogP contribution is -2.42. The van der Waals surface area contributed by atoms with E-state index < -0.39 is 11.2 Å². The fourth-order valence-electron chi connectivity index (χ4n) is 3.93. The Kier molecular flexibility index (Phi) is 7.65. The number of hydrogen-bond acceptors (Lipinski definition) is 4. The van der Waals surface area contributed by atoms with Crippen molar-refractivity contribution in [2.75, 3.05) is 13.6 Å². The number of halogens is 1. The molecule has 1 aromatic heterocycles. The first-order valence-corrected chi connectivity index (χ1v) is 11.8. The van der Waals surface area contributed by atoms with Gasteiger partial charge in [0.25, 0.3) is 5.56 Å². The molecule has 0 fully saturated rings. The molecule has 2 amide bonds. The third-order valence-electron chi connectivity index (χ3n) is 5.84. The Morgan fingerprint density at radius 2 is 1.53 bits per heavy atom. The fraction of sp³-hybridized carbons (Fsp3) is 0.185. The van der Waals surface area contributed by atoms with Gasteiger partial charge in [0.05, 0.1) is 23.0 Å². The second kappa shape index (κ2) is 11.0. The Morgan fingerprint density at radius 1 is 0.861 bits per heavy atom. The van der Waals surface area contributed by atoms with Gasteiger partial charge in [0.1, 0.15) is 6.54 Å². The molecule has 0 saturated carbocycles. The van der Waals surface area contributed by atoms with E-state index in [0.717, 1.165) is 15.7 Å². The van der Waals surface area contributed by atoms with Crippen LogP contribution in [-0.4, -0.2) is 34.5 Å². The van der Waals surface area contributed by atoms with Gasteiger partial charge >= 0.3 is 5.69 Å². The molecule has 0 spiro atoms. The second-order valence-electron chi connectivity index (χ2n) is 8.27. The van der Waals surface area contributed by atoms with Crippen LogP contribution in [0.15, 0.2) is 82.4 Å². The lowest BCUT2D eigenvalue weighted by Gasteiger charge is -2.14. The summed E-state index contributed by atoms with van der Waals surface area (Å²) in [6.45, 7) is 0.147. The Labute approximate surface area is 212 Å². The number of carbonyl (C=O) groups excluding carboxylic acids is 2. The van der Waals surface area contributed by atoms with Crippen molar-refractivity contribution in [2.45, 2.75) is 19.4 Å². The molecule has 0 saturated heterocycles. The quantitative estimate of drug-likeness (QED) is 0.385. The largest absolute Gasteiger partial charge is 0.359 e. The average molecular weight is 505 g/mol. The van der Waals surface area contributed by atoms with E-state index in [1.807, 2.05) is 12.1 Å². The minimum atomic E-state index is -0.620. The van der Waals surface area contributed by atoms with Gasteiger partial charge in [-0.05, 0) is 53.9 Å². The van der Waals surface area contributed by atoms with E-state index in [4.69, 9.17) is 11.6 Å². The summed E-state index contributed by atoms with van der Waals surface area (Å²) in [4.78, 5) is 51.1. The van der Waals surface area contributed by atoms with Crippen LogP contribution in [0.25, 0.3) is 16.6 Å². The maximum atomic E-state index is 13.4. The van der Waals surface area contributed by atoms with E-state index in [1.54, 1.807) is 67.7 Å². The van der Waals surface area contributed by atoms with Gasteiger partial charge in [-0.25, -0.2) is 9.36 Å². The SMILES string of the molecule is CNC(=O)Cc1ccc(-n2c(=O)c3ccccc3n(CC(=O)NCCc3ccc(Cl)cc3)c2=O)cc1. The molecule has 1 heterocycles. The molecule has 0 bridgehead atoms. The topological polar surface area (TPSA) is 102 Å². The van der Waals surface area contributed by atoms with Crippen LogP contribution in [0.2, 0.25) is 5.02 Å². The normalized spacial score (nSPS) is 10.8. The van der Waals surface area contributed by atoms with Gasteiger partial charge in [-0.15, -0.1) is 0 Å². The number of para-hydroxylation sites is 1. The van der Waals surface area contributed by atoms with Gasteiger partial charge in [-0.2, -0.15) is 0 Å². The zero-order chi connectivity index (χ0) is 25.7. The molecule has 2 N–H and O–H groups in total. The summed E-state index contributed by atoms with van der Waals surface area (Å²) in [5, 5.41) is 6.36. The van der Waals surface area contributed by atoms with Crippen molar-refractivity contribution >= 4 is 34.3 Å². The number of hydrogen-bond donors (Lipinski definition) is 2. The Morgan fingerprint density at radius 3 is 2.22 bits per heavy atom. The first-order chi connectivity index (χ1) is 17.4. The minimum absolute atomic E-state index is 0.143. The smallest absolute Gasteiger partial charge is 0.336 e. The lowest BCUT2D eigenvalue weighted by molar-refractivity contribution is -0.122.